The van der Waals surface area contributed by atoms with Gasteiger partial charge in [0.25, 0.3) is 0 Å². The van der Waals surface area contributed by atoms with E-state index in [1.165, 1.54) is 32.1 Å². The Morgan fingerprint density at radius 2 is 2.06 bits per heavy atom. The minimum atomic E-state index is 0.0816. The summed E-state index contributed by atoms with van der Waals surface area (Å²) >= 11 is 0. The summed E-state index contributed by atoms with van der Waals surface area (Å²) in [6.07, 6.45) is 7.22. The molecule has 2 heterocycles. The van der Waals surface area contributed by atoms with Gasteiger partial charge in [-0.2, -0.15) is 0 Å². The third kappa shape index (κ3) is 3.95. The van der Waals surface area contributed by atoms with E-state index in [2.05, 4.69) is 5.32 Å². The molecule has 18 heavy (non-hydrogen) atoms. The van der Waals surface area contributed by atoms with E-state index in [1.54, 1.807) is 0 Å². The number of amides is 1. The van der Waals surface area contributed by atoms with Gasteiger partial charge in [-0.05, 0) is 38.1 Å². The molecule has 0 aliphatic carbocycles. The summed E-state index contributed by atoms with van der Waals surface area (Å²) < 4.78 is 5.36. The van der Waals surface area contributed by atoms with Crippen LogP contribution < -0.4 is 5.32 Å². The number of carbonyl (C=O) groups excluding carboxylic acids is 1. The molecule has 1 N–H and O–H groups in total. The van der Waals surface area contributed by atoms with E-state index < -0.39 is 0 Å². The van der Waals surface area contributed by atoms with Crippen molar-refractivity contribution in [2.45, 2.75) is 44.6 Å². The number of unbranched alkanes of at least 4 members (excludes halogenated alkanes) is 1. The highest BCUT2D eigenvalue weighted by Gasteiger charge is 2.27. The Morgan fingerprint density at radius 1 is 1.28 bits per heavy atom. The predicted octanol–water partition coefficient (Wildman–Crippen LogP) is 1.40. The van der Waals surface area contributed by atoms with E-state index >= 15 is 0 Å². The zero-order chi connectivity index (χ0) is 12.8. The molecule has 104 valence electrons. The van der Waals surface area contributed by atoms with Crippen molar-refractivity contribution in [1.29, 1.82) is 0 Å². The van der Waals surface area contributed by atoms with Gasteiger partial charge in [0.05, 0.1) is 6.04 Å². The van der Waals surface area contributed by atoms with Crippen molar-refractivity contribution in [2.24, 2.45) is 5.92 Å². The van der Waals surface area contributed by atoms with Crippen LogP contribution in [-0.2, 0) is 9.53 Å². The van der Waals surface area contributed by atoms with Gasteiger partial charge < -0.3 is 15.0 Å². The fraction of sp³-hybridized carbons (Fsp3) is 0.929. The second kappa shape index (κ2) is 7.10. The Kier molecular flexibility index (Phi) is 5.45. The summed E-state index contributed by atoms with van der Waals surface area (Å²) in [5.41, 5.74) is 0. The molecule has 2 fully saturated rings. The maximum Gasteiger partial charge on any atom is 0.239 e. The standard InChI is InChI=1S/C14H26N2O2/c1-16-9-5-13(14(16)17)15-8-3-2-4-12-6-10-18-11-7-12/h12-13,15H,2-11H2,1H3. The molecule has 0 aromatic carbocycles. The van der Waals surface area contributed by atoms with E-state index in [9.17, 15) is 4.79 Å². The van der Waals surface area contributed by atoms with Crippen LogP contribution in [0.3, 0.4) is 0 Å². The molecule has 2 aliphatic heterocycles. The fourth-order valence-electron chi connectivity index (χ4n) is 2.88. The molecular weight excluding hydrogens is 228 g/mol. The molecular formula is C14H26N2O2. The molecule has 1 unspecified atom stereocenters. The summed E-state index contributed by atoms with van der Waals surface area (Å²) in [6.45, 7) is 3.78. The Morgan fingerprint density at radius 3 is 2.72 bits per heavy atom. The van der Waals surface area contributed by atoms with Crippen LogP contribution in [0.4, 0.5) is 0 Å². The zero-order valence-corrected chi connectivity index (χ0v) is 11.5. The molecule has 2 rings (SSSR count). The number of ether oxygens (including phenoxy) is 1. The monoisotopic (exact) mass is 254 g/mol. The molecule has 0 aromatic heterocycles. The smallest absolute Gasteiger partial charge is 0.239 e. The van der Waals surface area contributed by atoms with Crippen molar-refractivity contribution in [3.8, 4) is 0 Å². The minimum Gasteiger partial charge on any atom is -0.381 e. The van der Waals surface area contributed by atoms with Crippen molar-refractivity contribution < 1.29 is 9.53 Å². The van der Waals surface area contributed by atoms with Gasteiger partial charge in [-0.1, -0.05) is 12.8 Å². The van der Waals surface area contributed by atoms with Crippen LogP contribution in [0.5, 0.6) is 0 Å². The summed E-state index contributed by atoms with van der Waals surface area (Å²) in [7, 11) is 1.88. The zero-order valence-electron chi connectivity index (χ0n) is 11.5. The van der Waals surface area contributed by atoms with Gasteiger partial charge in [0.2, 0.25) is 5.91 Å². The Balaban J connectivity index is 1.49. The second-order valence-corrected chi connectivity index (χ2v) is 5.61. The van der Waals surface area contributed by atoms with Gasteiger partial charge >= 0.3 is 0 Å². The average molecular weight is 254 g/mol. The van der Waals surface area contributed by atoms with E-state index in [0.717, 1.165) is 38.6 Å². The first-order chi connectivity index (χ1) is 8.77. The number of hydrogen-bond acceptors (Lipinski definition) is 3. The lowest BCUT2D eigenvalue weighted by molar-refractivity contribution is -0.128. The number of hydrogen-bond donors (Lipinski definition) is 1. The minimum absolute atomic E-state index is 0.0816. The largest absolute Gasteiger partial charge is 0.381 e. The molecule has 0 bridgehead atoms. The maximum absolute atomic E-state index is 11.7. The second-order valence-electron chi connectivity index (χ2n) is 5.61. The highest BCUT2D eigenvalue weighted by Crippen LogP contribution is 2.20. The van der Waals surface area contributed by atoms with Crippen LogP contribution in [0.25, 0.3) is 0 Å². The van der Waals surface area contributed by atoms with Crippen LogP contribution in [-0.4, -0.2) is 50.2 Å². The SMILES string of the molecule is CN1CCC(NCCCCC2CCOCC2)C1=O. The summed E-state index contributed by atoms with van der Waals surface area (Å²) in [6, 6.07) is 0.0816. The van der Waals surface area contributed by atoms with Gasteiger partial charge in [-0.15, -0.1) is 0 Å². The highest BCUT2D eigenvalue weighted by molar-refractivity contribution is 5.83. The van der Waals surface area contributed by atoms with E-state index in [0.29, 0.717) is 0 Å². The molecule has 4 heteroatoms. The topological polar surface area (TPSA) is 41.6 Å². The number of nitrogens with zero attached hydrogens (tertiary/aromatic N) is 1. The quantitative estimate of drug-likeness (QED) is 0.729. The molecule has 0 saturated carbocycles. The van der Waals surface area contributed by atoms with E-state index in [4.69, 9.17) is 4.74 Å². The van der Waals surface area contributed by atoms with Crippen LogP contribution >= 0.6 is 0 Å². The number of likely N-dealkylation sites (tertiary alicyclic amines) is 1. The summed E-state index contributed by atoms with van der Waals surface area (Å²) in [5, 5.41) is 3.38. The highest BCUT2D eigenvalue weighted by atomic mass is 16.5. The van der Waals surface area contributed by atoms with Crippen molar-refractivity contribution in [3.05, 3.63) is 0 Å². The third-order valence-electron chi connectivity index (χ3n) is 4.20. The number of carbonyl (C=O) groups is 1. The Bertz CT molecular complexity index is 265. The predicted molar refractivity (Wildman–Crippen MR) is 71.4 cm³/mol. The van der Waals surface area contributed by atoms with Gasteiger partial charge in [-0.3, -0.25) is 4.79 Å². The van der Waals surface area contributed by atoms with Crippen molar-refractivity contribution >= 4 is 5.91 Å². The third-order valence-corrected chi connectivity index (χ3v) is 4.20. The molecule has 2 aliphatic rings. The Labute approximate surface area is 110 Å². The lowest BCUT2D eigenvalue weighted by Crippen LogP contribution is -2.37. The van der Waals surface area contributed by atoms with Gasteiger partial charge in [-0.25, -0.2) is 0 Å². The average Bonchev–Trinajstić information content (AvgIpc) is 2.71. The first-order valence-electron chi connectivity index (χ1n) is 7.33. The molecule has 4 nitrogen and oxygen atoms in total. The van der Waals surface area contributed by atoms with Crippen molar-refractivity contribution in [3.63, 3.8) is 0 Å². The molecule has 1 amide bonds. The van der Waals surface area contributed by atoms with Crippen LogP contribution in [0.1, 0.15) is 38.5 Å². The lowest BCUT2D eigenvalue weighted by Gasteiger charge is -2.21. The molecule has 1 atom stereocenters. The molecule has 0 radical (unpaired) electrons. The maximum atomic E-state index is 11.7. The van der Waals surface area contributed by atoms with E-state index in [-0.39, 0.29) is 11.9 Å². The first kappa shape index (κ1) is 13.8. The molecule has 2 saturated heterocycles. The van der Waals surface area contributed by atoms with Crippen LogP contribution in [0.2, 0.25) is 0 Å². The normalized spacial score (nSPS) is 25.9. The van der Waals surface area contributed by atoms with Crippen molar-refractivity contribution in [1.82, 2.24) is 10.2 Å². The van der Waals surface area contributed by atoms with Gasteiger partial charge in [0.15, 0.2) is 0 Å². The summed E-state index contributed by atoms with van der Waals surface area (Å²) in [5.74, 6) is 1.14. The van der Waals surface area contributed by atoms with Crippen molar-refractivity contribution in [2.75, 3.05) is 33.4 Å². The van der Waals surface area contributed by atoms with Gasteiger partial charge in [0, 0.05) is 26.8 Å². The van der Waals surface area contributed by atoms with Gasteiger partial charge in [0.1, 0.15) is 0 Å². The first-order valence-corrected chi connectivity index (χ1v) is 7.33. The number of nitrogens with one attached hydrogen (secondary N) is 1. The Hall–Kier alpha value is -0.610. The number of likely N-dealkylation sites (N-methyl/N-ethyl adjacent to an activating group) is 1. The fourth-order valence-corrected chi connectivity index (χ4v) is 2.88. The number of rotatable bonds is 6. The molecule has 0 spiro atoms. The van der Waals surface area contributed by atoms with Crippen LogP contribution in [0, 0.1) is 5.92 Å². The van der Waals surface area contributed by atoms with Crippen LogP contribution in [0.15, 0.2) is 0 Å². The van der Waals surface area contributed by atoms with E-state index in [1.807, 2.05) is 11.9 Å². The summed E-state index contributed by atoms with van der Waals surface area (Å²) in [4.78, 5) is 13.5. The lowest BCUT2D eigenvalue weighted by atomic mass is 9.94. The molecule has 0 aromatic rings.